The Hall–Kier alpha value is -2.00. The summed E-state index contributed by atoms with van der Waals surface area (Å²) in [5, 5.41) is 3.53. The van der Waals surface area contributed by atoms with Crippen molar-refractivity contribution in [1.82, 2.24) is 0 Å². The van der Waals surface area contributed by atoms with Crippen LogP contribution in [0.15, 0.2) is 23.3 Å². The van der Waals surface area contributed by atoms with E-state index in [9.17, 15) is 4.79 Å². The number of hydrogen-bond acceptors (Lipinski definition) is 2. The molecule has 0 aromatic heterocycles. The lowest BCUT2D eigenvalue weighted by atomic mass is 9.86. The number of likely N-dealkylation sites (N-methyl/N-ethyl adjacent to an activating group) is 1. The fourth-order valence-corrected chi connectivity index (χ4v) is 2.08. The molecule has 1 aliphatic heterocycles. The monoisotopic (exact) mass is 216 g/mol. The molecule has 1 heterocycles. The minimum absolute atomic E-state index is 0.0561. The van der Waals surface area contributed by atoms with Crippen LogP contribution in [0.5, 0.6) is 0 Å². The maximum Gasteiger partial charge on any atom is 0.236 e. The van der Waals surface area contributed by atoms with Crippen molar-refractivity contribution in [3.63, 3.8) is 0 Å². The molecule has 0 spiro atoms. The van der Waals surface area contributed by atoms with Crippen LogP contribution in [0.4, 0.5) is 11.4 Å². The molecule has 1 aromatic carbocycles. The smallest absolute Gasteiger partial charge is 0.236 e. The highest BCUT2D eigenvalue weighted by Crippen LogP contribution is 2.42. The van der Waals surface area contributed by atoms with Gasteiger partial charge in [-0.1, -0.05) is 17.2 Å². The van der Waals surface area contributed by atoms with E-state index >= 15 is 0 Å². The van der Waals surface area contributed by atoms with Gasteiger partial charge in [0.1, 0.15) is 0 Å². The average molecular weight is 216 g/mol. The molecule has 1 amide bonds. The van der Waals surface area contributed by atoms with Gasteiger partial charge in [0, 0.05) is 23.3 Å². The average Bonchev–Trinajstić information content (AvgIpc) is 2.41. The number of azide groups is 1. The Morgan fingerprint density at radius 3 is 2.75 bits per heavy atom. The van der Waals surface area contributed by atoms with Crippen molar-refractivity contribution in [2.45, 2.75) is 19.3 Å². The van der Waals surface area contributed by atoms with Gasteiger partial charge in [-0.2, -0.15) is 0 Å². The molecule has 5 nitrogen and oxygen atoms in total. The number of benzene rings is 1. The highest BCUT2D eigenvalue weighted by molar-refractivity contribution is 6.07. The molecule has 0 radical (unpaired) electrons. The number of fused-ring (bicyclic) bond motifs is 1. The van der Waals surface area contributed by atoms with E-state index < -0.39 is 5.41 Å². The first kappa shape index (κ1) is 10.5. The van der Waals surface area contributed by atoms with Crippen LogP contribution in [0, 0.1) is 0 Å². The Morgan fingerprint density at radius 2 is 2.12 bits per heavy atom. The van der Waals surface area contributed by atoms with Crippen molar-refractivity contribution in [2.75, 3.05) is 11.9 Å². The van der Waals surface area contributed by atoms with Gasteiger partial charge >= 0.3 is 0 Å². The number of anilines is 1. The quantitative estimate of drug-likeness (QED) is 0.404. The van der Waals surface area contributed by atoms with Crippen LogP contribution in [-0.2, 0) is 10.2 Å². The van der Waals surface area contributed by atoms with Crippen molar-refractivity contribution < 1.29 is 4.79 Å². The highest BCUT2D eigenvalue weighted by atomic mass is 16.2. The van der Waals surface area contributed by atoms with Gasteiger partial charge in [-0.3, -0.25) is 4.79 Å². The largest absolute Gasteiger partial charge is 0.314 e. The van der Waals surface area contributed by atoms with Gasteiger partial charge in [-0.15, -0.1) is 0 Å². The Bertz CT molecular complexity index is 515. The van der Waals surface area contributed by atoms with Gasteiger partial charge in [-0.05, 0) is 31.0 Å². The fraction of sp³-hybridized carbons (Fsp3) is 0.364. The second-order valence-electron chi connectivity index (χ2n) is 4.38. The van der Waals surface area contributed by atoms with Crippen LogP contribution >= 0.6 is 0 Å². The minimum Gasteiger partial charge on any atom is -0.314 e. The topological polar surface area (TPSA) is 69.1 Å². The molecule has 0 fully saturated rings. The first-order chi connectivity index (χ1) is 7.48. The highest BCUT2D eigenvalue weighted by Gasteiger charge is 2.41. The summed E-state index contributed by atoms with van der Waals surface area (Å²) in [6.07, 6.45) is 0. The molecule has 0 N–H and O–H groups in total. The Balaban J connectivity index is 2.63. The number of carbonyl (C=O) groups is 1. The SMILES string of the molecule is CN1C(=O)C(C)(C)c2ccc(N=[N+]=[N-])cc21. The van der Waals surface area contributed by atoms with Crippen molar-refractivity contribution >= 4 is 17.3 Å². The first-order valence-electron chi connectivity index (χ1n) is 4.96. The van der Waals surface area contributed by atoms with E-state index in [1.165, 1.54) is 0 Å². The Morgan fingerprint density at radius 1 is 1.44 bits per heavy atom. The zero-order valence-corrected chi connectivity index (χ0v) is 9.43. The molecule has 5 heteroatoms. The molecule has 0 aliphatic carbocycles. The van der Waals surface area contributed by atoms with Gasteiger partial charge in [0.2, 0.25) is 5.91 Å². The number of amides is 1. The predicted octanol–water partition coefficient (Wildman–Crippen LogP) is 2.88. The number of hydrogen-bond donors (Lipinski definition) is 0. The van der Waals surface area contributed by atoms with Crippen molar-refractivity contribution in [2.24, 2.45) is 5.11 Å². The summed E-state index contributed by atoms with van der Waals surface area (Å²) in [7, 11) is 1.73. The van der Waals surface area contributed by atoms with E-state index in [-0.39, 0.29) is 5.91 Å². The van der Waals surface area contributed by atoms with Gasteiger partial charge in [0.25, 0.3) is 0 Å². The van der Waals surface area contributed by atoms with Crippen LogP contribution < -0.4 is 4.90 Å². The van der Waals surface area contributed by atoms with E-state index in [0.717, 1.165) is 11.3 Å². The standard InChI is InChI=1S/C11H12N4O/c1-11(2)8-5-4-7(13-14-12)6-9(8)15(3)10(11)16/h4-6H,1-3H3. The normalized spacial score (nSPS) is 16.9. The third kappa shape index (κ3) is 1.26. The number of rotatable bonds is 1. The van der Waals surface area contributed by atoms with Crippen LogP contribution in [0.3, 0.4) is 0 Å². The third-order valence-corrected chi connectivity index (χ3v) is 3.02. The van der Waals surface area contributed by atoms with Crippen LogP contribution in [0.25, 0.3) is 10.4 Å². The zero-order valence-electron chi connectivity index (χ0n) is 9.43. The maximum absolute atomic E-state index is 12.0. The zero-order chi connectivity index (χ0) is 11.9. The maximum atomic E-state index is 12.0. The molecule has 2 rings (SSSR count). The van der Waals surface area contributed by atoms with Crippen LogP contribution in [-0.4, -0.2) is 13.0 Å². The predicted molar refractivity (Wildman–Crippen MR) is 61.7 cm³/mol. The van der Waals surface area contributed by atoms with Gasteiger partial charge in [-0.25, -0.2) is 0 Å². The summed E-state index contributed by atoms with van der Waals surface area (Å²) < 4.78 is 0. The summed E-state index contributed by atoms with van der Waals surface area (Å²) in [6, 6.07) is 5.31. The summed E-state index contributed by atoms with van der Waals surface area (Å²) in [5.41, 5.74) is 10.2. The van der Waals surface area contributed by atoms with E-state index in [0.29, 0.717) is 5.69 Å². The molecule has 1 aromatic rings. The number of nitrogens with zero attached hydrogens (tertiary/aromatic N) is 4. The Labute approximate surface area is 93.3 Å². The summed E-state index contributed by atoms with van der Waals surface area (Å²) >= 11 is 0. The van der Waals surface area contributed by atoms with E-state index in [2.05, 4.69) is 10.0 Å². The molecular formula is C11H12N4O. The molecule has 0 saturated heterocycles. The summed E-state index contributed by atoms with van der Waals surface area (Å²) in [5.74, 6) is 0.0561. The van der Waals surface area contributed by atoms with Crippen molar-refractivity contribution in [1.29, 1.82) is 0 Å². The Kier molecular flexibility index (Phi) is 2.14. The fourth-order valence-electron chi connectivity index (χ4n) is 2.08. The molecule has 82 valence electrons. The van der Waals surface area contributed by atoms with Gasteiger partial charge < -0.3 is 4.90 Å². The molecular weight excluding hydrogens is 204 g/mol. The third-order valence-electron chi connectivity index (χ3n) is 3.02. The summed E-state index contributed by atoms with van der Waals surface area (Å²) in [6.45, 7) is 3.79. The molecule has 0 bridgehead atoms. The number of carbonyl (C=O) groups excluding carboxylic acids is 1. The summed E-state index contributed by atoms with van der Waals surface area (Å²) in [4.78, 5) is 16.3. The van der Waals surface area contributed by atoms with Gasteiger partial charge in [0.05, 0.1) is 5.41 Å². The molecule has 0 unspecified atom stereocenters. The van der Waals surface area contributed by atoms with E-state index in [1.54, 1.807) is 24.1 Å². The first-order valence-corrected chi connectivity index (χ1v) is 4.96. The minimum atomic E-state index is -0.501. The molecule has 0 atom stereocenters. The van der Waals surface area contributed by atoms with Crippen molar-refractivity contribution in [3.8, 4) is 0 Å². The molecule has 0 saturated carbocycles. The van der Waals surface area contributed by atoms with Crippen LogP contribution in [0.2, 0.25) is 0 Å². The van der Waals surface area contributed by atoms with Gasteiger partial charge in [0.15, 0.2) is 0 Å². The lowest BCUT2D eigenvalue weighted by molar-refractivity contribution is -0.121. The van der Waals surface area contributed by atoms with E-state index in [1.807, 2.05) is 19.9 Å². The molecule has 16 heavy (non-hydrogen) atoms. The second kappa shape index (κ2) is 3.25. The lowest BCUT2D eigenvalue weighted by Gasteiger charge is -2.16. The molecule has 1 aliphatic rings. The van der Waals surface area contributed by atoms with E-state index in [4.69, 9.17) is 5.53 Å². The lowest BCUT2D eigenvalue weighted by Crippen LogP contribution is -2.33. The van der Waals surface area contributed by atoms with Crippen molar-refractivity contribution in [3.05, 3.63) is 34.2 Å². The van der Waals surface area contributed by atoms with Crippen LogP contribution in [0.1, 0.15) is 19.4 Å². The second-order valence-corrected chi connectivity index (χ2v) is 4.38.